The van der Waals surface area contributed by atoms with Crippen LogP contribution in [0.5, 0.6) is 0 Å². The van der Waals surface area contributed by atoms with Crippen molar-refractivity contribution in [1.82, 2.24) is 0 Å². The van der Waals surface area contributed by atoms with Gasteiger partial charge in [0.05, 0.1) is 11.5 Å². The molecular weight excluding hydrogens is 212 g/mol. The third kappa shape index (κ3) is 4.29. The first-order valence-corrected chi connectivity index (χ1v) is 6.25. The van der Waals surface area contributed by atoms with Gasteiger partial charge in [0.15, 0.2) is 0 Å². The van der Waals surface area contributed by atoms with Gasteiger partial charge in [-0.3, -0.25) is 0 Å². The molecule has 1 aliphatic rings. The summed E-state index contributed by atoms with van der Waals surface area (Å²) in [5, 5.41) is 0.143. The maximum atomic E-state index is 6.05. The van der Waals surface area contributed by atoms with Crippen LogP contribution in [-0.4, -0.2) is 30.8 Å². The van der Waals surface area contributed by atoms with Crippen molar-refractivity contribution in [2.75, 3.05) is 13.2 Å². The second-order valence-electron chi connectivity index (χ2n) is 5.39. The van der Waals surface area contributed by atoms with Gasteiger partial charge in [-0.15, -0.1) is 11.6 Å². The van der Waals surface area contributed by atoms with Crippen molar-refractivity contribution >= 4 is 11.6 Å². The van der Waals surface area contributed by atoms with E-state index in [0.29, 0.717) is 12.0 Å². The minimum atomic E-state index is 0.108. The summed E-state index contributed by atoms with van der Waals surface area (Å²) < 4.78 is 11.3. The van der Waals surface area contributed by atoms with Crippen molar-refractivity contribution in [3.05, 3.63) is 0 Å². The van der Waals surface area contributed by atoms with Crippen molar-refractivity contribution < 1.29 is 9.47 Å². The Morgan fingerprint density at radius 3 is 2.40 bits per heavy atom. The Labute approximate surface area is 98.3 Å². The highest BCUT2D eigenvalue weighted by atomic mass is 35.5. The number of alkyl halides is 1. The third-order valence-electron chi connectivity index (χ3n) is 2.72. The van der Waals surface area contributed by atoms with Crippen LogP contribution in [0.1, 0.15) is 40.5 Å². The van der Waals surface area contributed by atoms with E-state index in [4.69, 9.17) is 21.1 Å². The minimum Gasteiger partial charge on any atom is -0.375 e. The molecule has 0 spiro atoms. The molecule has 15 heavy (non-hydrogen) atoms. The molecule has 1 aliphatic carbocycles. The summed E-state index contributed by atoms with van der Waals surface area (Å²) in [6, 6.07) is 0. The van der Waals surface area contributed by atoms with E-state index in [2.05, 4.69) is 20.8 Å². The SMILES string of the molecule is CCOC1C(Cl)CC1OCCC(C)(C)C. The Hall–Kier alpha value is 0.210. The zero-order valence-corrected chi connectivity index (χ0v) is 11.0. The van der Waals surface area contributed by atoms with Crippen LogP contribution in [0.4, 0.5) is 0 Å². The average molecular weight is 235 g/mol. The van der Waals surface area contributed by atoms with Gasteiger partial charge in [0, 0.05) is 13.2 Å². The fourth-order valence-electron chi connectivity index (χ4n) is 1.61. The van der Waals surface area contributed by atoms with Gasteiger partial charge in [-0.2, -0.15) is 0 Å². The molecule has 1 saturated carbocycles. The number of ether oxygens (including phenoxy) is 2. The summed E-state index contributed by atoms with van der Waals surface area (Å²) in [6.45, 7) is 10.2. The standard InChI is InChI=1S/C12H23ClO2/c1-5-14-11-9(13)8-10(11)15-7-6-12(2,3)4/h9-11H,5-8H2,1-4H3. The molecule has 1 rings (SSSR count). The molecule has 3 heteroatoms. The first-order valence-electron chi connectivity index (χ1n) is 5.81. The summed E-state index contributed by atoms with van der Waals surface area (Å²) >= 11 is 6.05. The predicted octanol–water partition coefficient (Wildman–Crippen LogP) is 3.22. The maximum absolute atomic E-state index is 6.05. The summed E-state index contributed by atoms with van der Waals surface area (Å²) in [5.41, 5.74) is 0.339. The molecule has 3 unspecified atom stereocenters. The van der Waals surface area contributed by atoms with Crippen molar-refractivity contribution in [3.63, 3.8) is 0 Å². The van der Waals surface area contributed by atoms with E-state index < -0.39 is 0 Å². The molecule has 0 aliphatic heterocycles. The topological polar surface area (TPSA) is 18.5 Å². The molecule has 0 radical (unpaired) electrons. The highest BCUT2D eigenvalue weighted by Crippen LogP contribution is 2.32. The van der Waals surface area contributed by atoms with Crippen LogP contribution >= 0.6 is 11.6 Å². The molecule has 3 atom stereocenters. The quantitative estimate of drug-likeness (QED) is 0.680. The normalized spacial score (nSPS) is 31.4. The highest BCUT2D eigenvalue weighted by Gasteiger charge is 2.41. The van der Waals surface area contributed by atoms with Crippen LogP contribution in [0.15, 0.2) is 0 Å². The summed E-state index contributed by atoms with van der Waals surface area (Å²) in [7, 11) is 0. The molecule has 0 amide bonds. The van der Waals surface area contributed by atoms with Gasteiger partial charge >= 0.3 is 0 Å². The zero-order chi connectivity index (χ0) is 11.5. The van der Waals surface area contributed by atoms with Crippen LogP contribution in [0.2, 0.25) is 0 Å². The number of hydrogen-bond donors (Lipinski definition) is 0. The van der Waals surface area contributed by atoms with Crippen molar-refractivity contribution in [2.24, 2.45) is 5.41 Å². The van der Waals surface area contributed by atoms with Crippen LogP contribution in [0, 0.1) is 5.41 Å². The Morgan fingerprint density at radius 1 is 1.27 bits per heavy atom. The van der Waals surface area contributed by atoms with Crippen LogP contribution in [0.25, 0.3) is 0 Å². The number of hydrogen-bond acceptors (Lipinski definition) is 2. The smallest absolute Gasteiger partial charge is 0.100 e. The number of halogens is 1. The molecule has 2 nitrogen and oxygen atoms in total. The van der Waals surface area contributed by atoms with Gasteiger partial charge < -0.3 is 9.47 Å². The zero-order valence-electron chi connectivity index (χ0n) is 10.3. The Morgan fingerprint density at radius 2 is 1.93 bits per heavy atom. The predicted molar refractivity (Wildman–Crippen MR) is 63.5 cm³/mol. The lowest BCUT2D eigenvalue weighted by molar-refractivity contribution is -0.124. The molecule has 0 heterocycles. The van der Waals surface area contributed by atoms with Crippen molar-refractivity contribution in [1.29, 1.82) is 0 Å². The highest BCUT2D eigenvalue weighted by molar-refractivity contribution is 6.21. The minimum absolute atomic E-state index is 0.108. The van der Waals surface area contributed by atoms with Crippen LogP contribution < -0.4 is 0 Å². The molecule has 0 saturated heterocycles. The van der Waals surface area contributed by atoms with E-state index in [1.807, 2.05) is 6.92 Å². The molecule has 0 aromatic rings. The lowest BCUT2D eigenvalue weighted by Crippen LogP contribution is -2.51. The van der Waals surface area contributed by atoms with Crippen LogP contribution in [0.3, 0.4) is 0 Å². The molecule has 0 N–H and O–H groups in total. The molecule has 1 fully saturated rings. The molecular formula is C12H23ClO2. The molecule has 0 aromatic heterocycles. The Balaban J connectivity index is 2.17. The van der Waals surface area contributed by atoms with Gasteiger partial charge in [-0.05, 0) is 25.2 Å². The van der Waals surface area contributed by atoms with Gasteiger partial charge in [-0.1, -0.05) is 20.8 Å². The van der Waals surface area contributed by atoms with E-state index in [-0.39, 0.29) is 17.6 Å². The third-order valence-corrected chi connectivity index (χ3v) is 3.15. The van der Waals surface area contributed by atoms with Crippen molar-refractivity contribution in [3.8, 4) is 0 Å². The first-order chi connectivity index (χ1) is 6.94. The molecule has 0 aromatic carbocycles. The van der Waals surface area contributed by atoms with Crippen molar-refractivity contribution in [2.45, 2.75) is 58.1 Å². The molecule has 90 valence electrons. The first kappa shape index (κ1) is 13.3. The summed E-state index contributed by atoms with van der Waals surface area (Å²) in [4.78, 5) is 0. The average Bonchev–Trinajstić information content (AvgIpc) is 2.11. The second-order valence-corrected chi connectivity index (χ2v) is 5.95. The van der Waals surface area contributed by atoms with E-state index >= 15 is 0 Å². The Kier molecular flexibility index (Phi) is 4.88. The summed E-state index contributed by atoms with van der Waals surface area (Å²) in [5.74, 6) is 0. The van der Waals surface area contributed by atoms with E-state index in [1.165, 1.54) is 0 Å². The molecule has 0 bridgehead atoms. The van der Waals surface area contributed by atoms with Crippen LogP contribution in [-0.2, 0) is 9.47 Å². The fourth-order valence-corrected chi connectivity index (χ4v) is 2.02. The lowest BCUT2D eigenvalue weighted by Gasteiger charge is -2.40. The maximum Gasteiger partial charge on any atom is 0.100 e. The van der Waals surface area contributed by atoms with Gasteiger partial charge in [0.25, 0.3) is 0 Å². The number of rotatable bonds is 5. The van der Waals surface area contributed by atoms with E-state index in [0.717, 1.165) is 19.4 Å². The van der Waals surface area contributed by atoms with Gasteiger partial charge in [0.2, 0.25) is 0 Å². The second kappa shape index (κ2) is 5.51. The summed E-state index contributed by atoms with van der Waals surface area (Å²) in [6.07, 6.45) is 2.33. The van der Waals surface area contributed by atoms with E-state index in [1.54, 1.807) is 0 Å². The largest absolute Gasteiger partial charge is 0.375 e. The Bertz CT molecular complexity index is 189. The van der Waals surface area contributed by atoms with Gasteiger partial charge in [0.1, 0.15) is 6.10 Å². The monoisotopic (exact) mass is 234 g/mol. The fraction of sp³-hybridized carbons (Fsp3) is 1.00. The van der Waals surface area contributed by atoms with E-state index in [9.17, 15) is 0 Å². The lowest BCUT2D eigenvalue weighted by atomic mass is 9.90. The van der Waals surface area contributed by atoms with Gasteiger partial charge in [-0.25, -0.2) is 0 Å².